The van der Waals surface area contributed by atoms with Gasteiger partial charge in [-0.3, -0.25) is 9.89 Å². The second-order valence-corrected chi connectivity index (χ2v) is 4.92. The van der Waals surface area contributed by atoms with Crippen LogP contribution in [0, 0.1) is 19.8 Å². The van der Waals surface area contributed by atoms with Crippen LogP contribution in [-0.2, 0) is 4.79 Å². The molecule has 0 aromatic carbocycles. The lowest BCUT2D eigenvalue weighted by molar-refractivity contribution is -0.120. The largest absolute Gasteiger partial charge is 0.328 e. The van der Waals surface area contributed by atoms with Gasteiger partial charge in [0.2, 0.25) is 5.91 Å². The third kappa shape index (κ3) is 2.66. The zero-order valence-corrected chi connectivity index (χ0v) is 10.4. The minimum Gasteiger partial charge on any atom is -0.328 e. The van der Waals surface area contributed by atoms with Crippen molar-refractivity contribution in [1.29, 1.82) is 0 Å². The highest BCUT2D eigenvalue weighted by Gasteiger charge is 2.26. The van der Waals surface area contributed by atoms with Crippen LogP contribution in [0.2, 0.25) is 0 Å². The van der Waals surface area contributed by atoms with Gasteiger partial charge in [-0.25, -0.2) is 0 Å². The average Bonchev–Trinajstić information content (AvgIpc) is 2.61. The van der Waals surface area contributed by atoms with Gasteiger partial charge < -0.3 is 11.1 Å². The summed E-state index contributed by atoms with van der Waals surface area (Å²) in [6, 6.07) is 0.172. The monoisotopic (exact) mass is 236 g/mol. The number of nitrogens with one attached hydrogen (secondary N) is 2. The van der Waals surface area contributed by atoms with E-state index in [4.69, 9.17) is 5.73 Å². The third-order valence-electron chi connectivity index (χ3n) is 3.46. The van der Waals surface area contributed by atoms with E-state index < -0.39 is 0 Å². The number of hydrogen-bond donors (Lipinski definition) is 3. The number of rotatable bonds is 2. The van der Waals surface area contributed by atoms with Gasteiger partial charge in [0.1, 0.15) is 0 Å². The zero-order chi connectivity index (χ0) is 12.4. The molecular weight excluding hydrogens is 216 g/mol. The first-order chi connectivity index (χ1) is 8.08. The maximum absolute atomic E-state index is 12.1. The standard InChI is InChI=1S/C12H20N4O/c1-7-11(8(2)16-15-7)14-12(17)9-4-3-5-10(13)6-9/h9-10H,3-6,13H2,1-2H3,(H,14,17)(H,15,16). The fraction of sp³-hybridized carbons (Fsp3) is 0.667. The number of carbonyl (C=O) groups is 1. The molecule has 2 atom stereocenters. The number of aryl methyl sites for hydroxylation is 2. The van der Waals surface area contributed by atoms with Crippen molar-refractivity contribution in [2.75, 3.05) is 5.32 Å². The van der Waals surface area contributed by atoms with E-state index in [1.807, 2.05) is 13.8 Å². The molecule has 5 heteroatoms. The molecule has 1 saturated carbocycles. The molecule has 5 nitrogen and oxygen atoms in total. The molecule has 0 saturated heterocycles. The van der Waals surface area contributed by atoms with Crippen molar-refractivity contribution in [1.82, 2.24) is 10.2 Å². The maximum atomic E-state index is 12.1. The molecule has 1 amide bonds. The van der Waals surface area contributed by atoms with Crippen LogP contribution >= 0.6 is 0 Å². The Kier molecular flexibility index (Phi) is 3.47. The molecule has 94 valence electrons. The Morgan fingerprint density at radius 2 is 2.24 bits per heavy atom. The molecule has 1 aromatic rings. The summed E-state index contributed by atoms with van der Waals surface area (Å²) >= 11 is 0. The van der Waals surface area contributed by atoms with Crippen molar-refractivity contribution in [3.63, 3.8) is 0 Å². The number of H-pyrrole nitrogens is 1. The summed E-state index contributed by atoms with van der Waals surface area (Å²) in [5.41, 5.74) is 8.44. The Labute approximate surface area is 101 Å². The summed E-state index contributed by atoms with van der Waals surface area (Å²) in [6.45, 7) is 3.79. The molecule has 1 fully saturated rings. The van der Waals surface area contributed by atoms with Gasteiger partial charge in [0.15, 0.2) is 0 Å². The van der Waals surface area contributed by atoms with Crippen molar-refractivity contribution in [3.05, 3.63) is 11.4 Å². The van der Waals surface area contributed by atoms with E-state index in [1.165, 1.54) is 0 Å². The summed E-state index contributed by atoms with van der Waals surface area (Å²) in [6.07, 6.45) is 3.81. The highest BCUT2D eigenvalue weighted by Crippen LogP contribution is 2.25. The number of carbonyl (C=O) groups excluding carboxylic acids is 1. The zero-order valence-electron chi connectivity index (χ0n) is 10.4. The van der Waals surface area contributed by atoms with Gasteiger partial charge >= 0.3 is 0 Å². The summed E-state index contributed by atoms with van der Waals surface area (Å²) in [7, 11) is 0. The fourth-order valence-electron chi connectivity index (χ4n) is 2.43. The second kappa shape index (κ2) is 4.87. The van der Waals surface area contributed by atoms with E-state index in [-0.39, 0.29) is 17.9 Å². The van der Waals surface area contributed by atoms with Crippen LogP contribution in [0.15, 0.2) is 0 Å². The minimum atomic E-state index is 0.0486. The first-order valence-electron chi connectivity index (χ1n) is 6.16. The number of hydrogen-bond acceptors (Lipinski definition) is 3. The second-order valence-electron chi connectivity index (χ2n) is 4.92. The minimum absolute atomic E-state index is 0.0486. The number of nitrogens with zero attached hydrogens (tertiary/aromatic N) is 1. The molecule has 17 heavy (non-hydrogen) atoms. The topological polar surface area (TPSA) is 83.8 Å². The van der Waals surface area contributed by atoms with Crippen LogP contribution in [0.1, 0.15) is 37.1 Å². The highest BCUT2D eigenvalue weighted by atomic mass is 16.1. The van der Waals surface area contributed by atoms with E-state index >= 15 is 0 Å². The fourth-order valence-corrected chi connectivity index (χ4v) is 2.43. The smallest absolute Gasteiger partial charge is 0.227 e. The lowest BCUT2D eigenvalue weighted by Gasteiger charge is -2.25. The van der Waals surface area contributed by atoms with Gasteiger partial charge in [0.05, 0.1) is 17.1 Å². The Morgan fingerprint density at radius 1 is 1.47 bits per heavy atom. The van der Waals surface area contributed by atoms with E-state index in [0.29, 0.717) is 0 Å². The molecule has 0 spiro atoms. The van der Waals surface area contributed by atoms with Gasteiger partial charge in [-0.1, -0.05) is 6.42 Å². The number of aromatic nitrogens is 2. The summed E-state index contributed by atoms with van der Waals surface area (Å²) < 4.78 is 0. The van der Waals surface area contributed by atoms with Crippen LogP contribution in [-0.4, -0.2) is 22.1 Å². The number of anilines is 1. The van der Waals surface area contributed by atoms with Crippen LogP contribution < -0.4 is 11.1 Å². The molecule has 1 aliphatic rings. The van der Waals surface area contributed by atoms with Crippen molar-refractivity contribution in [2.45, 2.75) is 45.6 Å². The molecule has 4 N–H and O–H groups in total. The predicted octanol–water partition coefficient (Wildman–Crippen LogP) is 1.48. The lowest BCUT2D eigenvalue weighted by atomic mass is 9.85. The third-order valence-corrected chi connectivity index (χ3v) is 3.46. The Morgan fingerprint density at radius 3 is 2.82 bits per heavy atom. The van der Waals surface area contributed by atoms with Crippen LogP contribution in [0.4, 0.5) is 5.69 Å². The van der Waals surface area contributed by atoms with E-state index in [1.54, 1.807) is 0 Å². The summed E-state index contributed by atoms with van der Waals surface area (Å²) in [5, 5.41) is 9.89. The predicted molar refractivity (Wildman–Crippen MR) is 66.6 cm³/mol. The van der Waals surface area contributed by atoms with Crippen LogP contribution in [0.5, 0.6) is 0 Å². The van der Waals surface area contributed by atoms with Crippen molar-refractivity contribution in [3.8, 4) is 0 Å². The molecule has 0 radical (unpaired) electrons. The SMILES string of the molecule is Cc1n[nH]c(C)c1NC(=O)C1CCCC(N)C1. The quantitative estimate of drug-likeness (QED) is 0.727. The van der Waals surface area contributed by atoms with Gasteiger partial charge in [-0.15, -0.1) is 0 Å². The normalized spacial score (nSPS) is 24.6. The van der Waals surface area contributed by atoms with E-state index in [2.05, 4.69) is 15.5 Å². The Bertz CT molecular complexity index is 393. The van der Waals surface area contributed by atoms with Gasteiger partial charge in [-0.05, 0) is 33.1 Å². The van der Waals surface area contributed by atoms with Crippen molar-refractivity contribution in [2.24, 2.45) is 11.7 Å². The lowest BCUT2D eigenvalue weighted by Crippen LogP contribution is -2.34. The summed E-state index contributed by atoms with van der Waals surface area (Å²) in [4.78, 5) is 12.1. The molecule has 2 unspecified atom stereocenters. The number of aromatic amines is 1. The van der Waals surface area contributed by atoms with E-state index in [0.717, 1.165) is 42.8 Å². The van der Waals surface area contributed by atoms with Gasteiger partial charge in [0.25, 0.3) is 0 Å². The van der Waals surface area contributed by atoms with E-state index in [9.17, 15) is 4.79 Å². The first kappa shape index (κ1) is 12.1. The van der Waals surface area contributed by atoms with Crippen molar-refractivity contribution < 1.29 is 4.79 Å². The Hall–Kier alpha value is -1.36. The number of nitrogens with two attached hydrogens (primary N) is 1. The van der Waals surface area contributed by atoms with Crippen molar-refractivity contribution >= 4 is 11.6 Å². The summed E-state index contributed by atoms with van der Waals surface area (Å²) in [5.74, 6) is 0.125. The molecular formula is C12H20N4O. The first-order valence-corrected chi connectivity index (χ1v) is 6.16. The average molecular weight is 236 g/mol. The van der Waals surface area contributed by atoms with Gasteiger partial charge in [-0.2, -0.15) is 5.10 Å². The number of amides is 1. The molecule has 0 aliphatic heterocycles. The van der Waals surface area contributed by atoms with Crippen LogP contribution in [0.25, 0.3) is 0 Å². The van der Waals surface area contributed by atoms with Crippen LogP contribution in [0.3, 0.4) is 0 Å². The Balaban J connectivity index is 2.01. The highest BCUT2D eigenvalue weighted by molar-refractivity contribution is 5.93. The molecule has 0 bridgehead atoms. The van der Waals surface area contributed by atoms with Gasteiger partial charge in [0, 0.05) is 12.0 Å². The molecule has 2 rings (SSSR count). The molecule has 1 aromatic heterocycles. The molecule has 1 heterocycles. The molecule has 1 aliphatic carbocycles. The maximum Gasteiger partial charge on any atom is 0.227 e.